The number of allylic oxidation sites excluding steroid dienone is 1. The van der Waals surface area contributed by atoms with Crippen LogP contribution in [-0.2, 0) is 17.4 Å². The molecular formula is C40H52ClN3O4S. The molecule has 49 heavy (non-hydrogen) atoms. The minimum absolute atomic E-state index is 0.0198. The second kappa shape index (κ2) is 16.0. The summed E-state index contributed by atoms with van der Waals surface area (Å²) in [5.41, 5.74) is 2.51. The van der Waals surface area contributed by atoms with Crippen molar-refractivity contribution in [1.82, 2.24) is 9.62 Å². The molecule has 0 aromatic heterocycles. The number of aryl methyl sites for hydroxylation is 1. The van der Waals surface area contributed by atoms with Gasteiger partial charge in [0, 0.05) is 35.5 Å². The summed E-state index contributed by atoms with van der Waals surface area (Å²) in [7, 11) is -1.58. The van der Waals surface area contributed by atoms with Gasteiger partial charge < -0.3 is 14.7 Å². The third-order valence-corrected chi connectivity index (χ3v) is 13.0. The number of aliphatic hydroxyl groups is 1. The average molecular weight is 706 g/mol. The van der Waals surface area contributed by atoms with Crippen LogP contribution < -0.4 is 14.4 Å². The molecule has 9 heteroatoms. The first-order chi connectivity index (χ1) is 23.6. The highest BCUT2D eigenvalue weighted by Gasteiger charge is 2.45. The Kier molecular flexibility index (Phi) is 11.8. The van der Waals surface area contributed by atoms with Crippen LogP contribution in [0.4, 0.5) is 5.69 Å². The number of carbonyl (C=O) groups excluding carboxylic acids is 1. The molecule has 0 spiro atoms. The van der Waals surface area contributed by atoms with Crippen LogP contribution in [0.3, 0.4) is 0 Å². The van der Waals surface area contributed by atoms with Crippen molar-refractivity contribution in [3.8, 4) is 17.6 Å². The van der Waals surface area contributed by atoms with Crippen LogP contribution in [0.2, 0.25) is 5.02 Å². The molecule has 7 nitrogen and oxygen atoms in total. The molecule has 1 saturated carbocycles. The molecule has 2 fully saturated rings. The van der Waals surface area contributed by atoms with E-state index in [2.05, 4.69) is 45.4 Å². The molecule has 4 aliphatic rings. The molecule has 1 aliphatic carbocycles. The number of nitrogens with zero attached hydrogens (tertiary/aromatic N) is 2. The molecule has 3 heterocycles. The Balaban J connectivity index is 1.37. The summed E-state index contributed by atoms with van der Waals surface area (Å²) in [6, 6.07) is 11.7. The van der Waals surface area contributed by atoms with Gasteiger partial charge in [-0.2, -0.15) is 0 Å². The number of amides is 1. The van der Waals surface area contributed by atoms with Crippen molar-refractivity contribution >= 4 is 34.2 Å². The summed E-state index contributed by atoms with van der Waals surface area (Å²) in [6.45, 7) is 10.8. The lowest BCUT2D eigenvalue weighted by Gasteiger charge is -2.46. The first kappa shape index (κ1) is 36.0. The minimum atomic E-state index is -1.58. The zero-order chi connectivity index (χ0) is 34.5. The van der Waals surface area contributed by atoms with Crippen LogP contribution in [-0.4, -0.2) is 70.3 Å². The fraction of sp³-hybridized carbons (Fsp3) is 0.575. The molecule has 2 N–H and O–H groups in total. The minimum Gasteiger partial charge on any atom is -0.491 e. The largest absolute Gasteiger partial charge is 0.491 e. The van der Waals surface area contributed by atoms with Gasteiger partial charge in [-0.15, -0.1) is 0 Å². The van der Waals surface area contributed by atoms with E-state index in [4.69, 9.17) is 16.3 Å². The normalized spacial score (nSPS) is 31.5. The molecule has 3 aliphatic heterocycles. The van der Waals surface area contributed by atoms with Crippen molar-refractivity contribution in [2.75, 3.05) is 44.2 Å². The maximum Gasteiger partial charge on any atom is 0.263 e. The Bertz CT molecular complexity index is 1610. The number of piperidine rings is 1. The lowest BCUT2D eigenvalue weighted by molar-refractivity contribution is -0.00302. The highest BCUT2D eigenvalue weighted by atomic mass is 35.5. The topological polar surface area (TPSA) is 82.1 Å². The van der Waals surface area contributed by atoms with Gasteiger partial charge in [0.05, 0.1) is 24.1 Å². The Morgan fingerprint density at radius 3 is 2.67 bits per heavy atom. The quantitative estimate of drug-likeness (QED) is 0.266. The molecule has 2 bridgehead atoms. The number of ether oxygens (including phenoxy) is 1. The Morgan fingerprint density at radius 1 is 1.10 bits per heavy atom. The van der Waals surface area contributed by atoms with Crippen molar-refractivity contribution in [1.29, 1.82) is 0 Å². The van der Waals surface area contributed by atoms with Gasteiger partial charge >= 0.3 is 0 Å². The number of halogens is 1. The Labute approximate surface area is 300 Å². The van der Waals surface area contributed by atoms with E-state index in [0.717, 1.165) is 55.2 Å². The fourth-order valence-electron chi connectivity index (χ4n) is 7.88. The maximum absolute atomic E-state index is 13.5. The summed E-state index contributed by atoms with van der Waals surface area (Å²) < 4.78 is 22.6. The smallest absolute Gasteiger partial charge is 0.263 e. The Hall–Kier alpha value is -2.83. The van der Waals surface area contributed by atoms with Gasteiger partial charge in [-0.05, 0) is 118 Å². The van der Waals surface area contributed by atoms with Crippen LogP contribution >= 0.6 is 11.6 Å². The van der Waals surface area contributed by atoms with Gasteiger partial charge in [-0.3, -0.25) is 14.4 Å². The van der Waals surface area contributed by atoms with E-state index in [9.17, 15) is 14.1 Å². The van der Waals surface area contributed by atoms with Crippen LogP contribution in [0, 0.1) is 29.6 Å². The van der Waals surface area contributed by atoms with Crippen molar-refractivity contribution < 1.29 is 18.8 Å². The number of likely N-dealkylation sites (tertiary alicyclic amines) is 1. The molecule has 1 amide bonds. The summed E-state index contributed by atoms with van der Waals surface area (Å²) in [5.74, 6) is 7.37. The summed E-state index contributed by atoms with van der Waals surface area (Å²) in [5, 5.41) is 12.8. The van der Waals surface area contributed by atoms with Crippen molar-refractivity contribution in [3.05, 3.63) is 70.3 Å². The van der Waals surface area contributed by atoms with Gasteiger partial charge in [0.15, 0.2) is 0 Å². The zero-order valence-electron chi connectivity index (χ0n) is 29.3. The van der Waals surface area contributed by atoms with Crippen molar-refractivity contribution in [3.63, 3.8) is 0 Å². The third kappa shape index (κ3) is 8.39. The van der Waals surface area contributed by atoms with Gasteiger partial charge in [0.2, 0.25) is 0 Å². The van der Waals surface area contributed by atoms with E-state index in [1.165, 1.54) is 30.4 Å². The van der Waals surface area contributed by atoms with Crippen LogP contribution in [0.5, 0.6) is 5.75 Å². The number of carbonyl (C=O) groups is 1. The summed E-state index contributed by atoms with van der Waals surface area (Å²) in [4.78, 5) is 18.2. The number of rotatable bonds is 4. The van der Waals surface area contributed by atoms with Gasteiger partial charge in [0.25, 0.3) is 5.91 Å². The maximum atomic E-state index is 13.5. The first-order valence-corrected chi connectivity index (χ1v) is 19.9. The third-order valence-electron chi connectivity index (χ3n) is 11.2. The zero-order valence-corrected chi connectivity index (χ0v) is 30.8. The number of anilines is 1. The number of benzene rings is 2. The second-order valence-electron chi connectivity index (χ2n) is 14.6. The lowest BCUT2D eigenvalue weighted by atomic mass is 9.64. The molecule has 7 unspecified atom stereocenters. The standard InChI is InChI=1S/C40H52ClN3O4S/c1-4-10-30-23-34(41)14-15-35(30)33-26-44-25-32-12-16-36(32)40(46,19-9-22-43-20-6-5-7-21-43)18-8-11-28(2)29(3)49(47)42-39(45)31-13-17-38(48-27-33)37(44)24-31/h8,13-15,17-18,23-24,28-29,32-33,36,46H,4-7,10-12,16,20-22,25-27H2,1-3H3,(H,42,45)/b18-8+. The monoisotopic (exact) mass is 705 g/mol. The molecule has 264 valence electrons. The fourth-order valence-corrected chi connectivity index (χ4v) is 9.10. The molecule has 1 saturated heterocycles. The Morgan fingerprint density at radius 2 is 1.92 bits per heavy atom. The van der Waals surface area contributed by atoms with E-state index in [-0.39, 0.29) is 34.8 Å². The van der Waals surface area contributed by atoms with Gasteiger partial charge in [0.1, 0.15) is 22.3 Å². The van der Waals surface area contributed by atoms with Crippen LogP contribution in [0.1, 0.15) is 93.1 Å². The molecule has 6 rings (SSSR count). The molecule has 7 atom stereocenters. The highest BCUT2D eigenvalue weighted by molar-refractivity contribution is 7.84. The van der Waals surface area contributed by atoms with E-state index >= 15 is 0 Å². The number of fused-ring (bicyclic) bond motifs is 2. The van der Waals surface area contributed by atoms with E-state index < -0.39 is 16.6 Å². The number of hydrogen-bond acceptors (Lipinski definition) is 6. The summed E-state index contributed by atoms with van der Waals surface area (Å²) >= 11 is 6.46. The molecule has 2 aromatic rings. The predicted molar refractivity (Wildman–Crippen MR) is 200 cm³/mol. The van der Waals surface area contributed by atoms with Crippen LogP contribution in [0.15, 0.2) is 48.6 Å². The number of nitrogens with one attached hydrogen (secondary N) is 1. The second-order valence-corrected chi connectivity index (χ2v) is 16.6. The van der Waals surface area contributed by atoms with E-state index in [1.54, 1.807) is 6.07 Å². The molecular weight excluding hydrogens is 654 g/mol. The van der Waals surface area contributed by atoms with Crippen molar-refractivity contribution in [2.24, 2.45) is 17.8 Å². The number of hydrogen-bond donors (Lipinski definition) is 2. The lowest BCUT2D eigenvalue weighted by Crippen LogP contribution is -2.49. The van der Waals surface area contributed by atoms with E-state index in [1.807, 2.05) is 44.2 Å². The van der Waals surface area contributed by atoms with Crippen molar-refractivity contribution in [2.45, 2.75) is 88.9 Å². The molecule has 2 aromatic carbocycles. The summed E-state index contributed by atoms with van der Waals surface area (Å²) in [6.07, 6.45) is 12.0. The highest BCUT2D eigenvalue weighted by Crippen LogP contribution is 2.45. The van der Waals surface area contributed by atoms with Gasteiger partial charge in [-0.25, -0.2) is 4.21 Å². The first-order valence-electron chi connectivity index (χ1n) is 18.3. The molecule has 0 radical (unpaired) electrons. The van der Waals surface area contributed by atoms with E-state index in [0.29, 0.717) is 38.2 Å². The van der Waals surface area contributed by atoms with Crippen LogP contribution in [0.25, 0.3) is 0 Å². The predicted octanol–water partition coefficient (Wildman–Crippen LogP) is 6.90. The van der Waals surface area contributed by atoms with Gasteiger partial charge in [-0.1, -0.05) is 62.3 Å². The SMILES string of the molecule is CCCc1cc(Cl)ccc1C1COc2ccc3cc2N(C1)CC1CCC1C(O)(C#CCN1CCCCC1)/C=C/CC(C)C(C)S(=O)NC3=O. The average Bonchev–Trinajstić information content (AvgIpc) is 3.25.